The fourth-order valence-corrected chi connectivity index (χ4v) is 3.17. The van der Waals surface area contributed by atoms with Gasteiger partial charge < -0.3 is 9.51 Å². The van der Waals surface area contributed by atoms with E-state index < -0.39 is 0 Å². The van der Waals surface area contributed by atoms with Crippen LogP contribution in [0.4, 0.5) is 0 Å². The van der Waals surface area contributed by atoms with Crippen molar-refractivity contribution in [3.8, 4) is 0 Å². The molecule has 0 aliphatic carbocycles. The van der Waals surface area contributed by atoms with Gasteiger partial charge in [-0.15, -0.1) is 0 Å². The summed E-state index contributed by atoms with van der Waals surface area (Å²) < 4.78 is 1.42. The summed E-state index contributed by atoms with van der Waals surface area (Å²) in [5.74, 6) is 0. The number of hydrogen-bond donors (Lipinski definition) is 0. The van der Waals surface area contributed by atoms with Crippen LogP contribution in [0.3, 0.4) is 0 Å². The molecule has 0 radical (unpaired) electrons. The van der Waals surface area contributed by atoms with Crippen LogP contribution in [0.25, 0.3) is 0 Å². The number of hydrogen-bond acceptors (Lipinski definition) is 1. The van der Waals surface area contributed by atoms with E-state index in [9.17, 15) is 5.02 Å². The third kappa shape index (κ3) is 16.8. The molecule has 0 bridgehead atoms. The van der Waals surface area contributed by atoms with E-state index in [1.54, 1.807) is 0 Å². The van der Waals surface area contributed by atoms with Crippen LogP contribution in [0.15, 0.2) is 0 Å². The predicted molar refractivity (Wildman–Crippen MR) is 111 cm³/mol. The van der Waals surface area contributed by atoms with Crippen LogP contribution in [0.5, 0.6) is 0 Å². The zero-order valence-corrected chi connectivity index (χ0v) is 17.9. The van der Waals surface area contributed by atoms with Gasteiger partial charge in [0.15, 0.2) is 0 Å². The van der Waals surface area contributed by atoms with Gasteiger partial charge in [0.2, 0.25) is 0 Å². The molecule has 24 heavy (non-hydrogen) atoms. The molecule has 3 heteroatoms. The molecule has 0 aromatic carbocycles. The third-order valence-corrected chi connectivity index (χ3v) is 4.94. The molecule has 0 aromatic rings. The van der Waals surface area contributed by atoms with Gasteiger partial charge in [-0.05, 0) is 25.7 Å². The first-order valence-electron chi connectivity index (χ1n) is 11.1. The van der Waals surface area contributed by atoms with E-state index in [2.05, 4.69) is 34.6 Å². The van der Waals surface area contributed by atoms with Crippen LogP contribution in [-0.2, 0) is 0 Å². The van der Waals surface area contributed by atoms with Gasteiger partial charge in [-0.1, -0.05) is 85.9 Å². The van der Waals surface area contributed by atoms with E-state index in [-0.39, 0.29) is 7.48 Å². The van der Waals surface area contributed by atoms with E-state index in [0.29, 0.717) is 0 Å². The molecule has 0 aliphatic rings. The standard InChI is InChI=1S/C16H36N.C5H12BO/c1-5-9-13-17(14-10-6-2,15-11-7-3)16-12-8-4;1-2-3-4-5-6-7/h5-16H2,1-4H3;6H,2-5H2,1H3/q+1;-1. The Balaban J connectivity index is 0. The first-order chi connectivity index (χ1) is 11.7. The lowest BCUT2D eigenvalue weighted by molar-refractivity contribution is -0.929. The summed E-state index contributed by atoms with van der Waals surface area (Å²) in [7, 11) is 0.111. The second-order valence-corrected chi connectivity index (χ2v) is 7.42. The van der Waals surface area contributed by atoms with Gasteiger partial charge >= 0.3 is 0 Å². The average molecular weight is 341 g/mol. The maximum absolute atomic E-state index is 9.80. The molecule has 0 heterocycles. The molecule has 0 spiro atoms. The van der Waals surface area contributed by atoms with Gasteiger partial charge in [-0.2, -0.15) is 0 Å². The summed E-state index contributed by atoms with van der Waals surface area (Å²) in [6.07, 6.45) is 15.5. The second kappa shape index (κ2) is 21.0. The molecule has 0 N–H and O–H groups in total. The summed E-state index contributed by atoms with van der Waals surface area (Å²) in [5, 5.41) is 9.80. The summed E-state index contributed by atoms with van der Waals surface area (Å²) >= 11 is 0. The molecule has 0 saturated carbocycles. The van der Waals surface area contributed by atoms with Crippen molar-refractivity contribution in [1.29, 1.82) is 0 Å². The van der Waals surface area contributed by atoms with Gasteiger partial charge in [0.05, 0.1) is 26.2 Å². The molecule has 0 fully saturated rings. The second-order valence-electron chi connectivity index (χ2n) is 7.42. The Labute approximate surface area is 155 Å². The zero-order valence-electron chi connectivity index (χ0n) is 17.9. The normalized spacial score (nSPS) is 11.1. The molecule has 2 nitrogen and oxygen atoms in total. The first-order valence-corrected chi connectivity index (χ1v) is 11.1. The molecule has 0 unspecified atom stereocenters. The first kappa shape index (κ1) is 26.2. The minimum absolute atomic E-state index is 0.111. The lowest BCUT2D eigenvalue weighted by Crippen LogP contribution is -2.50. The highest BCUT2D eigenvalue weighted by molar-refractivity contribution is 6.22. The van der Waals surface area contributed by atoms with Crippen LogP contribution in [0.2, 0.25) is 6.32 Å². The van der Waals surface area contributed by atoms with Crippen molar-refractivity contribution in [1.82, 2.24) is 0 Å². The molecule has 146 valence electrons. The number of rotatable bonds is 16. The van der Waals surface area contributed by atoms with Crippen LogP contribution < -0.4 is 5.02 Å². The van der Waals surface area contributed by atoms with E-state index in [1.165, 1.54) is 94.9 Å². The van der Waals surface area contributed by atoms with Crippen molar-refractivity contribution in [2.24, 2.45) is 0 Å². The fourth-order valence-electron chi connectivity index (χ4n) is 3.17. The summed E-state index contributed by atoms with van der Waals surface area (Å²) in [6.45, 7) is 17.2. The Kier molecular flexibility index (Phi) is 23.0. The maximum Gasteiger partial charge on any atom is 0.0786 e. The van der Waals surface area contributed by atoms with Gasteiger partial charge in [0.1, 0.15) is 0 Å². The number of unbranched alkanes of at least 4 members (excludes halogenated alkanes) is 6. The molecule has 0 atom stereocenters. The van der Waals surface area contributed by atoms with Crippen LogP contribution in [0.1, 0.15) is 105 Å². The van der Waals surface area contributed by atoms with Crippen LogP contribution in [-0.4, -0.2) is 38.1 Å². The topological polar surface area (TPSA) is 23.1 Å². The van der Waals surface area contributed by atoms with E-state index in [4.69, 9.17) is 0 Å². The van der Waals surface area contributed by atoms with E-state index in [1.807, 2.05) is 0 Å². The van der Waals surface area contributed by atoms with Gasteiger partial charge in [-0.25, -0.2) is 0 Å². The minimum Gasteiger partial charge on any atom is -0.882 e. The molecule has 0 saturated heterocycles. The highest BCUT2D eigenvalue weighted by Crippen LogP contribution is 2.16. The molecule has 0 amide bonds. The predicted octanol–water partition coefficient (Wildman–Crippen LogP) is 5.31. The third-order valence-electron chi connectivity index (χ3n) is 4.94. The number of nitrogens with zero attached hydrogens (tertiary/aromatic N) is 1. The van der Waals surface area contributed by atoms with Crippen molar-refractivity contribution < 1.29 is 9.51 Å². The summed E-state index contributed by atoms with van der Waals surface area (Å²) in [4.78, 5) is 0. The molecule has 0 aromatic heterocycles. The van der Waals surface area contributed by atoms with E-state index >= 15 is 0 Å². The Morgan fingerprint density at radius 1 is 0.542 bits per heavy atom. The smallest absolute Gasteiger partial charge is 0.0786 e. The SMILES string of the molecule is CCCCCB[O-].CCCC[N+](CCCC)(CCCC)CCCC. The van der Waals surface area contributed by atoms with Crippen molar-refractivity contribution >= 4 is 7.48 Å². The summed E-state index contributed by atoms with van der Waals surface area (Å²) in [5.41, 5.74) is 0. The Bertz CT molecular complexity index is 182. The highest BCUT2D eigenvalue weighted by atomic mass is 16.2. The summed E-state index contributed by atoms with van der Waals surface area (Å²) in [6, 6.07) is 0. The van der Waals surface area contributed by atoms with Crippen LogP contribution >= 0.6 is 0 Å². The Morgan fingerprint density at radius 2 is 0.875 bits per heavy atom. The maximum atomic E-state index is 9.80. The highest BCUT2D eigenvalue weighted by Gasteiger charge is 2.24. The monoisotopic (exact) mass is 341 g/mol. The Morgan fingerprint density at radius 3 is 1.12 bits per heavy atom. The number of quaternary nitrogens is 1. The van der Waals surface area contributed by atoms with Gasteiger partial charge in [-0.3, -0.25) is 0 Å². The molecular formula is C21H48BNO. The van der Waals surface area contributed by atoms with Gasteiger partial charge in [0, 0.05) is 7.48 Å². The lowest BCUT2D eigenvalue weighted by Gasteiger charge is -2.39. The average Bonchev–Trinajstić information content (AvgIpc) is 2.61. The van der Waals surface area contributed by atoms with Crippen molar-refractivity contribution in [3.05, 3.63) is 0 Å². The fraction of sp³-hybridized carbons (Fsp3) is 1.00. The largest absolute Gasteiger partial charge is 0.882 e. The van der Waals surface area contributed by atoms with Crippen molar-refractivity contribution in [2.75, 3.05) is 26.2 Å². The Hall–Kier alpha value is -0.0151. The van der Waals surface area contributed by atoms with Crippen molar-refractivity contribution in [3.63, 3.8) is 0 Å². The van der Waals surface area contributed by atoms with E-state index in [0.717, 1.165) is 12.7 Å². The minimum atomic E-state index is 0.111. The molecular weight excluding hydrogens is 293 g/mol. The zero-order chi connectivity index (χ0) is 18.5. The lowest BCUT2D eigenvalue weighted by atomic mass is 9.92. The molecule has 0 aliphatic heterocycles. The quantitative estimate of drug-likeness (QED) is 0.212. The molecule has 0 rings (SSSR count). The van der Waals surface area contributed by atoms with Gasteiger partial charge in [0.25, 0.3) is 0 Å². The van der Waals surface area contributed by atoms with Crippen LogP contribution in [0, 0.1) is 0 Å². The van der Waals surface area contributed by atoms with Crippen molar-refractivity contribution in [2.45, 2.75) is 112 Å².